The van der Waals surface area contributed by atoms with Crippen molar-refractivity contribution < 1.29 is 83.6 Å². The fraction of sp³-hybridized carbons (Fsp3) is 0. The molecule has 0 aromatic rings. The summed E-state index contributed by atoms with van der Waals surface area (Å²) in [6.07, 6.45) is 0. The largest absolute Gasteiger partial charge is 1.00 e. The van der Waals surface area contributed by atoms with Crippen LogP contribution in [-0.2, 0) is 0 Å². The third-order valence-electron chi connectivity index (χ3n) is 0. The van der Waals surface area contributed by atoms with Gasteiger partial charge in [-0.15, -0.1) is 0 Å². The minimum atomic E-state index is -2.87. The van der Waals surface area contributed by atoms with Gasteiger partial charge in [-0.1, -0.05) is 0 Å². The zero-order chi connectivity index (χ0) is 3.58. The van der Waals surface area contributed by atoms with Gasteiger partial charge in [-0.3, -0.25) is 0 Å². The molecule has 2 N–H and O–H groups in total. The van der Waals surface area contributed by atoms with Crippen LogP contribution in [0.3, 0.4) is 0 Å². The van der Waals surface area contributed by atoms with Gasteiger partial charge in [0, 0.05) is 0 Å². The molecular formula is H2CsO3P. The number of hydrogen-bond acceptors (Lipinski definition) is 3. The fourth-order valence-electron chi connectivity index (χ4n) is 0. The van der Waals surface area contributed by atoms with Gasteiger partial charge in [0.1, 0.15) is 0 Å². The van der Waals surface area contributed by atoms with Crippen LogP contribution in [0.1, 0.15) is 0 Å². The van der Waals surface area contributed by atoms with Crippen LogP contribution in [0.15, 0.2) is 0 Å². The molecule has 0 aromatic heterocycles. The van der Waals surface area contributed by atoms with Crippen molar-refractivity contribution in [1.82, 2.24) is 0 Å². The Morgan fingerprint density at radius 2 is 1.40 bits per heavy atom. The van der Waals surface area contributed by atoms with E-state index in [4.69, 9.17) is 14.7 Å². The van der Waals surface area contributed by atoms with Crippen LogP contribution in [0.25, 0.3) is 0 Å². The maximum absolute atomic E-state index is 8.70. The third-order valence-corrected chi connectivity index (χ3v) is 0. The van der Waals surface area contributed by atoms with Gasteiger partial charge in [0.2, 0.25) is 0 Å². The average Bonchev–Trinajstić information content (AvgIpc) is 0.811. The molecule has 0 aliphatic heterocycles. The van der Waals surface area contributed by atoms with Gasteiger partial charge in [-0.05, 0) is 0 Å². The average molecular weight is 214 g/mol. The summed E-state index contributed by atoms with van der Waals surface area (Å²) in [6, 6.07) is 0. The first kappa shape index (κ1) is 10.4. The zero-order valence-corrected chi connectivity index (χ0v) is 9.92. The number of hydrogen-bond donors (Lipinski definition) is 2. The molecule has 3 nitrogen and oxygen atoms in total. The van der Waals surface area contributed by atoms with Crippen LogP contribution < -0.4 is 73.8 Å². The third kappa shape index (κ3) is 21.7. The molecule has 0 amide bonds. The fourth-order valence-corrected chi connectivity index (χ4v) is 0. The summed E-state index contributed by atoms with van der Waals surface area (Å²) in [5.74, 6) is 0. The summed E-state index contributed by atoms with van der Waals surface area (Å²) in [7, 11) is -2.87. The molecule has 0 aliphatic carbocycles. The topological polar surface area (TPSA) is 63.5 Å². The molecule has 0 saturated carbocycles. The second kappa shape index (κ2) is 6.36. The van der Waals surface area contributed by atoms with Gasteiger partial charge in [-0.25, -0.2) is 0 Å². The van der Waals surface area contributed by atoms with Crippen LogP contribution in [0, 0.1) is 0 Å². The van der Waals surface area contributed by atoms with Gasteiger partial charge in [-0.2, -0.15) is 0 Å². The van der Waals surface area contributed by atoms with E-state index in [1.54, 1.807) is 0 Å². The van der Waals surface area contributed by atoms with Crippen molar-refractivity contribution in [3.63, 3.8) is 0 Å². The van der Waals surface area contributed by atoms with Crippen molar-refractivity contribution >= 4 is 8.60 Å². The molecule has 0 fully saturated rings. The quantitative estimate of drug-likeness (QED) is 0.400. The van der Waals surface area contributed by atoms with Crippen molar-refractivity contribution in [1.29, 1.82) is 0 Å². The number of rotatable bonds is 0. The molecule has 0 radical (unpaired) electrons. The monoisotopic (exact) mass is 214 g/mol. The molecule has 0 spiro atoms. The summed E-state index contributed by atoms with van der Waals surface area (Å²) in [5.41, 5.74) is 0. The van der Waals surface area contributed by atoms with Crippen molar-refractivity contribution in [3.05, 3.63) is 0 Å². The van der Waals surface area contributed by atoms with E-state index in [0.29, 0.717) is 0 Å². The van der Waals surface area contributed by atoms with E-state index in [0.717, 1.165) is 0 Å². The SMILES string of the molecule is [Cs+].[O-]P(O)O. The first-order chi connectivity index (χ1) is 1.73. The van der Waals surface area contributed by atoms with E-state index < -0.39 is 8.60 Å². The van der Waals surface area contributed by atoms with Crippen molar-refractivity contribution in [3.8, 4) is 0 Å². The van der Waals surface area contributed by atoms with Crippen LogP contribution >= 0.6 is 8.60 Å². The maximum Gasteiger partial charge on any atom is 1.00 e. The molecule has 0 unspecified atom stereocenters. The summed E-state index contributed by atoms with van der Waals surface area (Å²) < 4.78 is 0. The van der Waals surface area contributed by atoms with Crippen molar-refractivity contribution in [2.45, 2.75) is 0 Å². The molecule has 0 aliphatic rings. The Hall–Kier alpha value is 2.36. The van der Waals surface area contributed by atoms with Crippen LogP contribution in [0.2, 0.25) is 0 Å². The molecule has 0 heterocycles. The zero-order valence-electron chi connectivity index (χ0n) is 2.75. The predicted octanol–water partition coefficient (Wildman–Crippen LogP) is -4.44. The van der Waals surface area contributed by atoms with Gasteiger partial charge in [0.05, 0.1) is 8.60 Å². The summed E-state index contributed by atoms with van der Waals surface area (Å²) in [5, 5.41) is 0. The van der Waals surface area contributed by atoms with Gasteiger partial charge >= 0.3 is 68.9 Å². The van der Waals surface area contributed by atoms with Crippen molar-refractivity contribution in [2.24, 2.45) is 0 Å². The molecule has 0 saturated heterocycles. The minimum Gasteiger partial charge on any atom is -0.786 e. The second-order valence-corrected chi connectivity index (χ2v) is 0.758. The molecule has 5 heteroatoms. The second-order valence-electron chi connectivity index (χ2n) is 0.253. The van der Waals surface area contributed by atoms with Crippen LogP contribution in [0.5, 0.6) is 0 Å². The Kier molecular flexibility index (Phi) is 13.2. The maximum atomic E-state index is 8.70. The summed E-state index contributed by atoms with van der Waals surface area (Å²) >= 11 is 0. The Bertz CT molecular complexity index is 11.6. The first-order valence-electron chi connectivity index (χ1n) is 0.583. The standard InChI is InChI=1S/Cs.H2O3P/c;1-4(2)3/h;1-2H/q+1;-1. The van der Waals surface area contributed by atoms with Gasteiger partial charge in [0.25, 0.3) is 0 Å². The Labute approximate surface area is 89.8 Å². The smallest absolute Gasteiger partial charge is 0.786 e. The minimum absolute atomic E-state index is 0. The van der Waals surface area contributed by atoms with Gasteiger partial charge < -0.3 is 14.7 Å². The van der Waals surface area contributed by atoms with Crippen LogP contribution in [-0.4, -0.2) is 9.79 Å². The molecule has 0 aromatic carbocycles. The van der Waals surface area contributed by atoms with E-state index in [1.807, 2.05) is 0 Å². The van der Waals surface area contributed by atoms with E-state index in [9.17, 15) is 0 Å². The van der Waals surface area contributed by atoms with Crippen LogP contribution in [0.4, 0.5) is 0 Å². The molecule has 0 atom stereocenters. The van der Waals surface area contributed by atoms with E-state index >= 15 is 0 Å². The van der Waals surface area contributed by atoms with Gasteiger partial charge in [0.15, 0.2) is 0 Å². The summed E-state index contributed by atoms with van der Waals surface area (Å²) in [4.78, 5) is 22.9. The predicted molar refractivity (Wildman–Crippen MR) is 11.4 cm³/mol. The molecule has 5 heavy (non-hydrogen) atoms. The van der Waals surface area contributed by atoms with E-state index in [1.165, 1.54) is 0 Å². The Balaban J connectivity index is 0. The first-order valence-corrected chi connectivity index (χ1v) is 1.75. The molecule has 0 rings (SSSR count). The van der Waals surface area contributed by atoms with Crippen molar-refractivity contribution in [2.75, 3.05) is 0 Å². The summed E-state index contributed by atoms with van der Waals surface area (Å²) in [6.45, 7) is 0. The molecule has 26 valence electrons. The Morgan fingerprint density at radius 3 is 1.40 bits per heavy atom. The molecule has 0 bridgehead atoms. The Morgan fingerprint density at radius 1 is 1.40 bits per heavy atom. The molecular weight excluding hydrogens is 212 g/mol. The normalized spacial score (nSPS) is 7.20. The van der Waals surface area contributed by atoms with E-state index in [2.05, 4.69) is 0 Å². The van der Waals surface area contributed by atoms with E-state index in [-0.39, 0.29) is 68.9 Å².